The van der Waals surface area contributed by atoms with Crippen molar-refractivity contribution in [2.24, 2.45) is 13.0 Å². The molecule has 1 atom stereocenters. The summed E-state index contributed by atoms with van der Waals surface area (Å²) < 4.78 is 7.46. The lowest BCUT2D eigenvalue weighted by Crippen LogP contribution is -2.47. The molecule has 1 heterocycles. The van der Waals surface area contributed by atoms with Gasteiger partial charge in [0.15, 0.2) is 11.0 Å². The lowest BCUT2D eigenvalue weighted by Gasteiger charge is -2.22. The second-order valence-electron chi connectivity index (χ2n) is 6.63. The molecule has 1 aliphatic carbocycles. The normalized spacial score (nSPS) is 15.6. The van der Waals surface area contributed by atoms with Crippen molar-refractivity contribution in [2.45, 2.75) is 37.1 Å². The van der Waals surface area contributed by atoms with Gasteiger partial charge in [-0.25, -0.2) is 0 Å². The quantitative estimate of drug-likeness (QED) is 0.678. The minimum atomic E-state index is -0.783. The lowest BCUT2D eigenvalue weighted by atomic mass is 9.98. The Hall–Kier alpha value is -2.24. The number of carbonyl (C=O) groups excluding carboxylic acids is 1. The molecular weight excluding hydrogens is 386 g/mol. The fourth-order valence-corrected chi connectivity index (χ4v) is 3.47. The molecule has 1 amide bonds. The van der Waals surface area contributed by atoms with E-state index in [2.05, 4.69) is 21.6 Å². The van der Waals surface area contributed by atoms with Crippen molar-refractivity contribution in [3.05, 3.63) is 35.1 Å². The summed E-state index contributed by atoms with van der Waals surface area (Å²) in [6.45, 7) is 2.04. The fourth-order valence-electron chi connectivity index (χ4n) is 2.61. The Balaban J connectivity index is 1.52. The van der Waals surface area contributed by atoms with E-state index in [1.807, 2.05) is 7.05 Å². The summed E-state index contributed by atoms with van der Waals surface area (Å²) in [5, 5.41) is 21.6. The van der Waals surface area contributed by atoms with Crippen LogP contribution in [0.5, 0.6) is 5.75 Å². The van der Waals surface area contributed by atoms with Crippen LogP contribution in [0, 0.1) is 17.2 Å². The van der Waals surface area contributed by atoms with Crippen molar-refractivity contribution in [1.82, 2.24) is 20.1 Å². The third-order valence-electron chi connectivity index (χ3n) is 4.46. The van der Waals surface area contributed by atoms with Gasteiger partial charge in [0.1, 0.15) is 17.9 Å². The topological polar surface area (TPSA) is 92.8 Å². The molecule has 0 bridgehead atoms. The number of benzene rings is 1. The Kier molecular flexibility index (Phi) is 5.92. The Morgan fingerprint density at radius 3 is 2.78 bits per heavy atom. The minimum absolute atomic E-state index is 0.175. The number of thioether (sulfide) groups is 1. The number of hydrogen-bond donors (Lipinski definition) is 1. The van der Waals surface area contributed by atoms with Crippen molar-refractivity contribution in [3.8, 4) is 11.8 Å². The Morgan fingerprint density at radius 2 is 2.15 bits per heavy atom. The predicted molar refractivity (Wildman–Crippen MR) is 102 cm³/mol. The van der Waals surface area contributed by atoms with Gasteiger partial charge in [-0.3, -0.25) is 4.79 Å². The standard InChI is InChI=1S/C18H20ClN5O2S/c1-18(11-20,12-3-4-12)21-16(25)10-27-17-23-22-15(24(17)2)9-26-14-7-5-13(19)6-8-14/h5-8,12H,3-4,9-10H2,1-2H3,(H,21,25)/t18-/m0/s1. The van der Waals surface area contributed by atoms with Gasteiger partial charge in [0, 0.05) is 12.1 Å². The second-order valence-corrected chi connectivity index (χ2v) is 8.00. The van der Waals surface area contributed by atoms with Crippen LogP contribution in [0.3, 0.4) is 0 Å². The van der Waals surface area contributed by atoms with E-state index in [9.17, 15) is 10.1 Å². The molecule has 1 aromatic heterocycles. The molecule has 7 nitrogen and oxygen atoms in total. The molecule has 3 rings (SSSR count). The molecule has 0 saturated heterocycles. The Bertz CT molecular complexity index is 860. The van der Waals surface area contributed by atoms with Crippen molar-refractivity contribution >= 4 is 29.3 Å². The van der Waals surface area contributed by atoms with Crippen LogP contribution < -0.4 is 10.1 Å². The van der Waals surface area contributed by atoms with E-state index >= 15 is 0 Å². The average molecular weight is 406 g/mol. The zero-order chi connectivity index (χ0) is 19.4. The number of nitrogens with zero attached hydrogens (tertiary/aromatic N) is 4. The number of nitrogens with one attached hydrogen (secondary N) is 1. The van der Waals surface area contributed by atoms with E-state index in [0.717, 1.165) is 12.8 Å². The van der Waals surface area contributed by atoms with Crippen LogP contribution >= 0.6 is 23.4 Å². The SMILES string of the molecule is Cn1c(COc2ccc(Cl)cc2)nnc1SCC(=O)N[C@@](C)(C#N)C1CC1. The van der Waals surface area contributed by atoms with Gasteiger partial charge in [0.2, 0.25) is 5.91 Å². The van der Waals surface area contributed by atoms with Gasteiger partial charge in [0.05, 0.1) is 11.8 Å². The van der Waals surface area contributed by atoms with Crippen molar-refractivity contribution < 1.29 is 9.53 Å². The first-order valence-corrected chi connectivity index (χ1v) is 9.89. The van der Waals surface area contributed by atoms with Crippen LogP contribution in [0.15, 0.2) is 29.4 Å². The molecule has 0 aliphatic heterocycles. The Labute approximate surface area is 167 Å². The van der Waals surface area contributed by atoms with E-state index in [-0.39, 0.29) is 24.2 Å². The summed E-state index contributed by atoms with van der Waals surface area (Å²) >= 11 is 7.13. The van der Waals surface area contributed by atoms with Crippen LogP contribution in [0.25, 0.3) is 0 Å². The fraction of sp³-hybridized carbons (Fsp3) is 0.444. The molecule has 0 unspecified atom stereocenters. The van der Waals surface area contributed by atoms with Crippen LogP contribution in [0.2, 0.25) is 5.02 Å². The molecule has 1 aromatic carbocycles. The first kappa shape index (κ1) is 19.5. The third-order valence-corrected chi connectivity index (χ3v) is 5.74. The molecule has 0 spiro atoms. The molecule has 1 N–H and O–H groups in total. The number of halogens is 1. The van der Waals surface area contributed by atoms with Gasteiger partial charge in [0.25, 0.3) is 0 Å². The maximum atomic E-state index is 12.2. The van der Waals surface area contributed by atoms with Gasteiger partial charge >= 0.3 is 0 Å². The number of amides is 1. The highest BCUT2D eigenvalue weighted by molar-refractivity contribution is 7.99. The Morgan fingerprint density at radius 1 is 1.44 bits per heavy atom. The highest BCUT2D eigenvalue weighted by Gasteiger charge is 2.42. The first-order valence-electron chi connectivity index (χ1n) is 8.53. The third kappa shape index (κ3) is 4.93. The molecule has 142 valence electrons. The van der Waals surface area contributed by atoms with Crippen molar-refractivity contribution in [2.75, 3.05) is 5.75 Å². The number of hydrogen-bond acceptors (Lipinski definition) is 6. The summed E-state index contributed by atoms with van der Waals surface area (Å²) in [7, 11) is 1.82. The molecule has 1 fully saturated rings. The summed E-state index contributed by atoms with van der Waals surface area (Å²) in [4.78, 5) is 12.2. The van der Waals surface area contributed by atoms with Crippen molar-refractivity contribution in [3.63, 3.8) is 0 Å². The van der Waals surface area contributed by atoms with Crippen LogP contribution in [-0.4, -0.2) is 32.0 Å². The number of carbonyl (C=O) groups is 1. The number of nitriles is 1. The van der Waals surface area contributed by atoms with Crippen LogP contribution in [0.4, 0.5) is 0 Å². The highest BCUT2D eigenvalue weighted by atomic mass is 35.5. The molecule has 2 aromatic rings. The van der Waals surface area contributed by atoms with Gasteiger partial charge in [-0.05, 0) is 49.9 Å². The van der Waals surface area contributed by atoms with E-state index in [0.29, 0.717) is 21.8 Å². The van der Waals surface area contributed by atoms with Crippen LogP contribution in [0.1, 0.15) is 25.6 Å². The molecule has 1 aliphatic rings. The molecular formula is C18H20ClN5O2S. The molecule has 1 saturated carbocycles. The van der Waals surface area contributed by atoms with Gasteiger partial charge < -0.3 is 14.6 Å². The summed E-state index contributed by atoms with van der Waals surface area (Å²) in [5.74, 6) is 1.58. The number of ether oxygens (including phenoxy) is 1. The van der Waals surface area contributed by atoms with E-state index in [1.165, 1.54) is 11.8 Å². The van der Waals surface area contributed by atoms with Gasteiger partial charge in [-0.1, -0.05) is 23.4 Å². The largest absolute Gasteiger partial charge is 0.486 e. The average Bonchev–Trinajstić information content (AvgIpc) is 3.45. The summed E-state index contributed by atoms with van der Waals surface area (Å²) in [5.41, 5.74) is -0.783. The van der Waals surface area contributed by atoms with E-state index < -0.39 is 5.54 Å². The zero-order valence-electron chi connectivity index (χ0n) is 15.1. The van der Waals surface area contributed by atoms with Crippen LogP contribution in [-0.2, 0) is 18.4 Å². The molecule has 0 radical (unpaired) electrons. The van der Waals surface area contributed by atoms with E-state index in [1.54, 1.807) is 35.8 Å². The van der Waals surface area contributed by atoms with Crippen molar-refractivity contribution in [1.29, 1.82) is 5.26 Å². The minimum Gasteiger partial charge on any atom is -0.486 e. The maximum absolute atomic E-state index is 12.2. The van der Waals surface area contributed by atoms with Gasteiger partial charge in [-0.2, -0.15) is 5.26 Å². The molecule has 9 heteroatoms. The predicted octanol–water partition coefficient (Wildman–Crippen LogP) is 2.95. The smallest absolute Gasteiger partial charge is 0.231 e. The maximum Gasteiger partial charge on any atom is 0.231 e. The second kappa shape index (κ2) is 8.19. The van der Waals surface area contributed by atoms with E-state index in [4.69, 9.17) is 16.3 Å². The summed E-state index contributed by atoms with van der Waals surface area (Å²) in [6, 6.07) is 9.29. The highest BCUT2D eigenvalue weighted by Crippen LogP contribution is 2.39. The summed E-state index contributed by atoms with van der Waals surface area (Å²) in [6.07, 6.45) is 1.97. The number of rotatable bonds is 8. The first-order chi connectivity index (χ1) is 12.9. The molecule has 27 heavy (non-hydrogen) atoms. The monoisotopic (exact) mass is 405 g/mol. The van der Waals surface area contributed by atoms with Gasteiger partial charge in [-0.15, -0.1) is 10.2 Å². The lowest BCUT2D eigenvalue weighted by molar-refractivity contribution is -0.119. The number of aromatic nitrogens is 3. The zero-order valence-corrected chi connectivity index (χ0v) is 16.7.